The molecule has 26 heavy (non-hydrogen) atoms. The number of hydrogen-bond acceptors (Lipinski definition) is 6. The molecule has 1 aliphatic rings. The second-order valence-corrected chi connectivity index (χ2v) is 6.07. The van der Waals surface area contributed by atoms with E-state index in [9.17, 15) is 13.6 Å². The third kappa shape index (κ3) is 2.85. The third-order valence-corrected chi connectivity index (χ3v) is 4.37. The second kappa shape index (κ2) is 6.32. The molecule has 0 fully saturated rings. The first-order chi connectivity index (χ1) is 12.5. The highest BCUT2D eigenvalue weighted by molar-refractivity contribution is 5.93. The van der Waals surface area contributed by atoms with Gasteiger partial charge in [-0.15, -0.1) is 0 Å². The monoisotopic (exact) mass is 360 g/mol. The molecule has 0 spiro atoms. The summed E-state index contributed by atoms with van der Waals surface area (Å²) in [6, 6.07) is 5.25. The van der Waals surface area contributed by atoms with Crippen molar-refractivity contribution in [1.82, 2.24) is 20.6 Å². The predicted molar refractivity (Wildman–Crippen MR) is 84.5 cm³/mol. The highest BCUT2D eigenvalue weighted by Crippen LogP contribution is 2.34. The number of carbonyl (C=O) groups excluding carboxylic acids is 1. The molecule has 2 heterocycles. The zero-order valence-electron chi connectivity index (χ0n) is 13.7. The Labute approximate surface area is 146 Å². The normalized spacial score (nSPS) is 16.1. The number of amides is 1. The number of aromatic nitrogens is 3. The van der Waals surface area contributed by atoms with Gasteiger partial charge in [-0.2, -0.15) is 13.8 Å². The van der Waals surface area contributed by atoms with Crippen LogP contribution in [0.15, 0.2) is 33.4 Å². The summed E-state index contributed by atoms with van der Waals surface area (Å²) < 4.78 is 34.7. The van der Waals surface area contributed by atoms with Crippen LogP contribution in [0.2, 0.25) is 0 Å². The SMILES string of the molecule is Cc1cnoc1C(=O)NC1CCc2cc(-c3noc(C(F)F)n3)ccc21. The maximum Gasteiger partial charge on any atom is 0.315 e. The molecule has 7 nitrogen and oxygen atoms in total. The molecule has 1 aromatic carbocycles. The Kier molecular flexibility index (Phi) is 3.98. The molecule has 1 unspecified atom stereocenters. The van der Waals surface area contributed by atoms with Crippen molar-refractivity contribution in [2.75, 3.05) is 0 Å². The average molecular weight is 360 g/mol. The summed E-state index contributed by atoms with van der Waals surface area (Å²) in [5, 5.41) is 10.1. The van der Waals surface area contributed by atoms with Gasteiger partial charge in [-0.1, -0.05) is 22.4 Å². The Hall–Kier alpha value is -3.10. The number of nitrogens with zero attached hydrogens (tertiary/aromatic N) is 3. The van der Waals surface area contributed by atoms with Crippen LogP contribution in [0.5, 0.6) is 0 Å². The summed E-state index contributed by atoms with van der Waals surface area (Å²) in [5.41, 5.74) is 3.24. The van der Waals surface area contributed by atoms with Gasteiger partial charge >= 0.3 is 6.43 Å². The van der Waals surface area contributed by atoms with Gasteiger partial charge in [0.25, 0.3) is 11.8 Å². The minimum Gasteiger partial charge on any atom is -0.351 e. The predicted octanol–water partition coefficient (Wildman–Crippen LogP) is 3.39. The van der Waals surface area contributed by atoms with Crippen LogP contribution in [0.3, 0.4) is 0 Å². The Balaban J connectivity index is 1.54. The topological polar surface area (TPSA) is 94.1 Å². The van der Waals surface area contributed by atoms with E-state index in [-0.39, 0.29) is 23.5 Å². The van der Waals surface area contributed by atoms with Crippen LogP contribution < -0.4 is 5.32 Å². The standard InChI is InChI=1S/C17H14F2N4O3/c1-8-7-20-25-13(8)16(24)21-12-5-3-9-6-10(2-4-11(9)12)15-22-17(14(18)19)26-23-15/h2,4,6-7,12,14H,3,5H2,1H3,(H,21,24). The number of benzene rings is 1. The van der Waals surface area contributed by atoms with Gasteiger partial charge < -0.3 is 14.4 Å². The van der Waals surface area contributed by atoms with E-state index in [1.165, 1.54) is 6.20 Å². The van der Waals surface area contributed by atoms with Gasteiger partial charge in [-0.05, 0) is 37.0 Å². The lowest BCUT2D eigenvalue weighted by molar-refractivity contribution is 0.0898. The first-order valence-corrected chi connectivity index (χ1v) is 8.00. The molecule has 134 valence electrons. The lowest BCUT2D eigenvalue weighted by Crippen LogP contribution is -2.27. The van der Waals surface area contributed by atoms with Crippen LogP contribution in [-0.4, -0.2) is 21.2 Å². The molecule has 9 heteroatoms. The molecule has 2 aromatic heterocycles. The fourth-order valence-corrected chi connectivity index (χ4v) is 3.08. The average Bonchev–Trinajstić information content (AvgIpc) is 3.34. The van der Waals surface area contributed by atoms with Gasteiger partial charge in [0.15, 0.2) is 0 Å². The van der Waals surface area contributed by atoms with Crippen LogP contribution in [0, 0.1) is 6.92 Å². The van der Waals surface area contributed by atoms with Crippen molar-refractivity contribution in [1.29, 1.82) is 0 Å². The van der Waals surface area contributed by atoms with Crippen molar-refractivity contribution >= 4 is 5.91 Å². The van der Waals surface area contributed by atoms with E-state index in [2.05, 4.69) is 25.1 Å². The number of halogens is 2. The number of nitrogens with one attached hydrogen (secondary N) is 1. The van der Waals surface area contributed by atoms with Gasteiger partial charge in [0, 0.05) is 11.1 Å². The Bertz CT molecular complexity index is 967. The van der Waals surface area contributed by atoms with E-state index in [1.807, 2.05) is 12.1 Å². The van der Waals surface area contributed by atoms with Gasteiger partial charge in [0.2, 0.25) is 11.6 Å². The summed E-state index contributed by atoms with van der Waals surface area (Å²) in [6.45, 7) is 1.75. The van der Waals surface area contributed by atoms with Crippen molar-refractivity contribution in [3.63, 3.8) is 0 Å². The largest absolute Gasteiger partial charge is 0.351 e. The summed E-state index contributed by atoms with van der Waals surface area (Å²) in [4.78, 5) is 16.0. The number of rotatable bonds is 4. The molecule has 1 atom stereocenters. The smallest absolute Gasteiger partial charge is 0.315 e. The van der Waals surface area contributed by atoms with Gasteiger partial charge in [0.1, 0.15) is 0 Å². The molecular formula is C17H14F2N4O3. The first kappa shape index (κ1) is 16.4. The fourth-order valence-electron chi connectivity index (χ4n) is 3.08. The summed E-state index contributed by atoms with van der Waals surface area (Å²) in [7, 11) is 0. The quantitative estimate of drug-likeness (QED) is 0.766. The van der Waals surface area contributed by atoms with E-state index in [4.69, 9.17) is 4.52 Å². The third-order valence-electron chi connectivity index (χ3n) is 4.37. The molecule has 0 bridgehead atoms. The molecule has 0 saturated carbocycles. The van der Waals surface area contributed by atoms with Crippen LogP contribution in [0.1, 0.15) is 52.0 Å². The number of hydrogen-bond donors (Lipinski definition) is 1. The first-order valence-electron chi connectivity index (χ1n) is 8.00. The number of aryl methyl sites for hydroxylation is 2. The highest BCUT2D eigenvalue weighted by Gasteiger charge is 2.27. The molecule has 3 aromatic rings. The molecular weight excluding hydrogens is 346 g/mol. The van der Waals surface area contributed by atoms with Crippen LogP contribution in [0.25, 0.3) is 11.4 Å². The van der Waals surface area contributed by atoms with Crippen molar-refractivity contribution in [3.8, 4) is 11.4 Å². The van der Waals surface area contributed by atoms with E-state index in [0.29, 0.717) is 11.1 Å². The Morgan fingerprint density at radius 3 is 2.88 bits per heavy atom. The van der Waals surface area contributed by atoms with Crippen molar-refractivity contribution in [2.24, 2.45) is 0 Å². The van der Waals surface area contributed by atoms with E-state index < -0.39 is 12.3 Å². The number of fused-ring (bicyclic) bond motifs is 1. The highest BCUT2D eigenvalue weighted by atomic mass is 19.3. The Morgan fingerprint density at radius 2 is 2.19 bits per heavy atom. The molecule has 1 N–H and O–H groups in total. The minimum absolute atomic E-state index is 0.118. The molecule has 1 amide bonds. The number of carbonyl (C=O) groups is 1. The second-order valence-electron chi connectivity index (χ2n) is 6.07. The van der Waals surface area contributed by atoms with E-state index >= 15 is 0 Å². The summed E-state index contributed by atoms with van der Waals surface area (Å²) >= 11 is 0. The van der Waals surface area contributed by atoms with E-state index in [1.54, 1.807) is 13.0 Å². The zero-order valence-corrected chi connectivity index (χ0v) is 13.7. The van der Waals surface area contributed by atoms with Gasteiger partial charge in [0.05, 0.1) is 12.2 Å². The number of alkyl halides is 2. The van der Waals surface area contributed by atoms with E-state index in [0.717, 1.165) is 24.0 Å². The molecule has 4 rings (SSSR count). The summed E-state index contributed by atoms with van der Waals surface area (Å²) in [6.07, 6.45) is 0.155. The lowest BCUT2D eigenvalue weighted by Gasteiger charge is -2.13. The maximum atomic E-state index is 12.6. The van der Waals surface area contributed by atoms with Crippen molar-refractivity contribution < 1.29 is 22.6 Å². The van der Waals surface area contributed by atoms with Crippen LogP contribution in [0.4, 0.5) is 8.78 Å². The van der Waals surface area contributed by atoms with Crippen LogP contribution in [-0.2, 0) is 6.42 Å². The molecule has 0 radical (unpaired) electrons. The van der Waals surface area contributed by atoms with Crippen molar-refractivity contribution in [3.05, 3.63) is 52.7 Å². The molecule has 0 aliphatic heterocycles. The van der Waals surface area contributed by atoms with Crippen LogP contribution >= 0.6 is 0 Å². The minimum atomic E-state index is -2.80. The lowest BCUT2D eigenvalue weighted by atomic mass is 10.0. The Morgan fingerprint density at radius 1 is 1.35 bits per heavy atom. The molecule has 1 aliphatic carbocycles. The zero-order chi connectivity index (χ0) is 18.3. The fraction of sp³-hybridized carbons (Fsp3) is 0.294. The molecule has 0 saturated heterocycles. The van der Waals surface area contributed by atoms with Crippen molar-refractivity contribution in [2.45, 2.75) is 32.2 Å². The van der Waals surface area contributed by atoms with Gasteiger partial charge in [-0.25, -0.2) is 0 Å². The maximum absolute atomic E-state index is 12.6. The summed E-state index contributed by atoms with van der Waals surface area (Å²) in [5.74, 6) is -0.705. The van der Waals surface area contributed by atoms with Gasteiger partial charge in [-0.3, -0.25) is 4.79 Å².